The molecule has 0 saturated carbocycles. The summed E-state index contributed by atoms with van der Waals surface area (Å²) in [4.78, 5) is 12.3. The van der Waals surface area contributed by atoms with Crippen molar-refractivity contribution in [1.82, 2.24) is 5.32 Å². The molecular weight excluding hydrogens is 276 g/mol. The van der Waals surface area contributed by atoms with Crippen LogP contribution in [0.5, 0.6) is 0 Å². The first-order valence-corrected chi connectivity index (χ1v) is 6.90. The van der Waals surface area contributed by atoms with E-state index in [1.54, 1.807) is 0 Å². The minimum atomic E-state index is -0.456. The van der Waals surface area contributed by atoms with Gasteiger partial charge in [0.25, 0.3) is 0 Å². The largest absolute Gasteiger partial charge is 0.396 e. The predicted octanol–water partition coefficient (Wildman–Crippen LogP) is 2.11. The van der Waals surface area contributed by atoms with Crippen molar-refractivity contribution in [2.45, 2.75) is 38.1 Å². The van der Waals surface area contributed by atoms with E-state index in [0.29, 0.717) is 6.42 Å². The molecule has 0 radical (unpaired) electrons. The number of nitrogens with one attached hydrogen (secondary N) is 2. The fraction of sp³-hybridized carbons (Fsp3) is 0.533. The second-order valence-electron chi connectivity index (χ2n) is 5.34. The standard InChI is InChI=1S/C15H22N2O2.ClH/c1-15(9-2-3-10-16-15)14(19)17-13-6-4-12(5-7-13)8-11-18;/h4-7,16,18H,2-3,8-11H2,1H3,(H,17,19);1H. The summed E-state index contributed by atoms with van der Waals surface area (Å²) >= 11 is 0. The number of halogens is 1. The molecule has 1 aromatic carbocycles. The summed E-state index contributed by atoms with van der Waals surface area (Å²) in [7, 11) is 0. The van der Waals surface area contributed by atoms with Crippen LogP contribution in [0.3, 0.4) is 0 Å². The van der Waals surface area contributed by atoms with Crippen molar-refractivity contribution in [3.63, 3.8) is 0 Å². The van der Waals surface area contributed by atoms with Crippen molar-refractivity contribution in [2.24, 2.45) is 0 Å². The number of benzene rings is 1. The number of carbonyl (C=O) groups excluding carboxylic acids is 1. The van der Waals surface area contributed by atoms with Gasteiger partial charge < -0.3 is 15.7 Å². The van der Waals surface area contributed by atoms with Gasteiger partial charge in [-0.1, -0.05) is 12.1 Å². The first-order chi connectivity index (χ1) is 9.14. The highest BCUT2D eigenvalue weighted by Gasteiger charge is 2.34. The minimum absolute atomic E-state index is 0. The molecule has 0 spiro atoms. The lowest BCUT2D eigenvalue weighted by molar-refractivity contribution is -0.122. The Morgan fingerprint density at radius 1 is 1.35 bits per heavy atom. The predicted molar refractivity (Wildman–Crippen MR) is 83.4 cm³/mol. The highest BCUT2D eigenvalue weighted by molar-refractivity contribution is 5.97. The van der Waals surface area contributed by atoms with Gasteiger partial charge in [0.05, 0.1) is 5.54 Å². The van der Waals surface area contributed by atoms with Gasteiger partial charge in [-0.15, -0.1) is 12.4 Å². The second kappa shape index (κ2) is 7.62. The Morgan fingerprint density at radius 3 is 2.60 bits per heavy atom. The van der Waals surface area contributed by atoms with E-state index in [4.69, 9.17) is 5.11 Å². The number of anilines is 1. The molecule has 0 bridgehead atoms. The van der Waals surface area contributed by atoms with E-state index in [2.05, 4.69) is 10.6 Å². The Balaban J connectivity index is 0.00000200. The maximum atomic E-state index is 12.3. The molecule has 1 atom stereocenters. The van der Waals surface area contributed by atoms with Crippen molar-refractivity contribution in [3.8, 4) is 0 Å². The van der Waals surface area contributed by atoms with Gasteiger partial charge in [-0.05, 0) is 56.8 Å². The van der Waals surface area contributed by atoms with Gasteiger partial charge in [0, 0.05) is 12.3 Å². The molecule has 3 N–H and O–H groups in total. The average molecular weight is 299 g/mol. The first kappa shape index (κ1) is 17.0. The van der Waals surface area contributed by atoms with E-state index in [9.17, 15) is 4.79 Å². The van der Waals surface area contributed by atoms with E-state index in [1.165, 1.54) is 0 Å². The van der Waals surface area contributed by atoms with Gasteiger partial charge in [0.1, 0.15) is 0 Å². The number of rotatable bonds is 4. The summed E-state index contributed by atoms with van der Waals surface area (Å²) in [6, 6.07) is 7.63. The molecule has 1 aliphatic rings. The highest BCUT2D eigenvalue weighted by Crippen LogP contribution is 2.21. The molecule has 1 aliphatic heterocycles. The third-order valence-corrected chi connectivity index (χ3v) is 3.73. The van der Waals surface area contributed by atoms with Crippen LogP contribution < -0.4 is 10.6 Å². The van der Waals surface area contributed by atoms with Crippen molar-refractivity contribution < 1.29 is 9.90 Å². The number of amides is 1. The lowest BCUT2D eigenvalue weighted by atomic mass is 9.90. The van der Waals surface area contributed by atoms with Crippen LogP contribution in [-0.2, 0) is 11.2 Å². The molecule has 1 fully saturated rings. The van der Waals surface area contributed by atoms with Crippen LogP contribution in [0, 0.1) is 0 Å². The van der Waals surface area contributed by atoms with Crippen LogP contribution in [0.4, 0.5) is 5.69 Å². The molecular formula is C15H23ClN2O2. The van der Waals surface area contributed by atoms with Crippen LogP contribution in [0.1, 0.15) is 31.7 Å². The summed E-state index contributed by atoms with van der Waals surface area (Å²) in [5.41, 5.74) is 1.42. The topological polar surface area (TPSA) is 61.4 Å². The Bertz CT molecular complexity index is 428. The molecule has 20 heavy (non-hydrogen) atoms. The maximum absolute atomic E-state index is 12.3. The molecule has 5 heteroatoms. The lowest BCUT2D eigenvalue weighted by Crippen LogP contribution is -2.54. The van der Waals surface area contributed by atoms with Crippen molar-refractivity contribution in [1.29, 1.82) is 0 Å². The molecule has 1 saturated heterocycles. The number of carbonyl (C=O) groups is 1. The van der Waals surface area contributed by atoms with E-state index < -0.39 is 5.54 Å². The van der Waals surface area contributed by atoms with Crippen molar-refractivity contribution in [2.75, 3.05) is 18.5 Å². The van der Waals surface area contributed by atoms with E-state index in [0.717, 1.165) is 37.1 Å². The summed E-state index contributed by atoms with van der Waals surface area (Å²) in [6.45, 7) is 3.01. The summed E-state index contributed by atoms with van der Waals surface area (Å²) in [5, 5.41) is 15.1. The average Bonchev–Trinajstić information content (AvgIpc) is 2.42. The van der Waals surface area contributed by atoms with Crippen molar-refractivity contribution >= 4 is 24.0 Å². The zero-order chi connectivity index (χ0) is 13.7. The van der Waals surface area contributed by atoms with Gasteiger partial charge >= 0.3 is 0 Å². The number of aliphatic hydroxyl groups excluding tert-OH is 1. The minimum Gasteiger partial charge on any atom is -0.396 e. The van der Waals surface area contributed by atoms with E-state index in [-0.39, 0.29) is 24.9 Å². The van der Waals surface area contributed by atoms with Gasteiger partial charge in [0.15, 0.2) is 0 Å². The molecule has 1 aromatic rings. The van der Waals surface area contributed by atoms with Crippen molar-refractivity contribution in [3.05, 3.63) is 29.8 Å². The molecule has 1 unspecified atom stereocenters. The monoisotopic (exact) mass is 298 g/mol. The molecule has 4 nitrogen and oxygen atoms in total. The first-order valence-electron chi connectivity index (χ1n) is 6.90. The summed E-state index contributed by atoms with van der Waals surface area (Å²) in [5.74, 6) is 0.0297. The van der Waals surface area contributed by atoms with E-state index in [1.807, 2.05) is 31.2 Å². The number of aliphatic hydroxyl groups is 1. The SMILES string of the molecule is CC1(C(=O)Nc2ccc(CCO)cc2)CCCCN1.Cl. The Hall–Kier alpha value is -1.10. The smallest absolute Gasteiger partial charge is 0.244 e. The quantitative estimate of drug-likeness (QED) is 0.798. The van der Waals surface area contributed by atoms with Gasteiger partial charge in [-0.3, -0.25) is 4.79 Å². The lowest BCUT2D eigenvalue weighted by Gasteiger charge is -2.33. The Labute approximate surface area is 126 Å². The Morgan fingerprint density at radius 2 is 2.05 bits per heavy atom. The van der Waals surface area contributed by atoms with Crippen LogP contribution in [-0.4, -0.2) is 29.7 Å². The second-order valence-corrected chi connectivity index (χ2v) is 5.34. The molecule has 0 aliphatic carbocycles. The third-order valence-electron chi connectivity index (χ3n) is 3.73. The number of hydrogen-bond donors (Lipinski definition) is 3. The van der Waals surface area contributed by atoms with Gasteiger partial charge in [0.2, 0.25) is 5.91 Å². The summed E-state index contributed by atoms with van der Waals surface area (Å²) in [6.07, 6.45) is 3.75. The fourth-order valence-electron chi connectivity index (χ4n) is 2.40. The Kier molecular flexibility index (Phi) is 6.46. The van der Waals surface area contributed by atoms with Crippen LogP contribution >= 0.6 is 12.4 Å². The number of hydrogen-bond acceptors (Lipinski definition) is 3. The molecule has 2 rings (SSSR count). The molecule has 112 valence electrons. The molecule has 1 amide bonds. The highest BCUT2D eigenvalue weighted by atomic mass is 35.5. The van der Waals surface area contributed by atoms with Gasteiger partial charge in [-0.25, -0.2) is 0 Å². The van der Waals surface area contributed by atoms with Crippen LogP contribution in [0.25, 0.3) is 0 Å². The molecule has 0 aromatic heterocycles. The number of piperidine rings is 1. The van der Waals surface area contributed by atoms with Crippen LogP contribution in [0.2, 0.25) is 0 Å². The summed E-state index contributed by atoms with van der Waals surface area (Å²) < 4.78 is 0. The van der Waals surface area contributed by atoms with Crippen LogP contribution in [0.15, 0.2) is 24.3 Å². The zero-order valence-corrected chi connectivity index (χ0v) is 12.6. The molecule has 1 heterocycles. The third kappa shape index (κ3) is 4.20. The maximum Gasteiger partial charge on any atom is 0.244 e. The normalized spacial score (nSPS) is 21.9. The zero-order valence-electron chi connectivity index (χ0n) is 11.8. The fourth-order valence-corrected chi connectivity index (χ4v) is 2.40. The van der Waals surface area contributed by atoms with E-state index >= 15 is 0 Å². The van der Waals surface area contributed by atoms with Gasteiger partial charge in [-0.2, -0.15) is 0 Å².